The summed E-state index contributed by atoms with van der Waals surface area (Å²) in [6.07, 6.45) is 2.06. The topological polar surface area (TPSA) is 80.7 Å². The van der Waals surface area contributed by atoms with Gasteiger partial charge in [0.25, 0.3) is 0 Å². The molecule has 7 heteroatoms. The highest BCUT2D eigenvalue weighted by Crippen LogP contribution is 2.09. The van der Waals surface area contributed by atoms with Crippen LogP contribution in [0.3, 0.4) is 0 Å². The van der Waals surface area contributed by atoms with Gasteiger partial charge < -0.3 is 0 Å². The summed E-state index contributed by atoms with van der Waals surface area (Å²) < 4.78 is 44.1. The molecular weight excluding hydrogens is 192 g/mol. The van der Waals surface area contributed by atoms with E-state index in [9.17, 15) is 12.6 Å². The summed E-state index contributed by atoms with van der Waals surface area (Å²) in [5.74, 6) is 0. The van der Waals surface area contributed by atoms with Gasteiger partial charge in [-0.15, -0.1) is 6.58 Å². The van der Waals surface area contributed by atoms with E-state index >= 15 is 0 Å². The largest absolute Gasteiger partial charge is 0.364 e. The van der Waals surface area contributed by atoms with Crippen molar-refractivity contribution in [2.45, 2.75) is 0 Å². The van der Waals surface area contributed by atoms with Crippen molar-refractivity contribution >= 4 is 18.4 Å². The van der Waals surface area contributed by atoms with Gasteiger partial charge in [-0.05, 0) is 0 Å². The lowest BCUT2D eigenvalue weighted by molar-refractivity contribution is 0.385. The predicted molar refractivity (Wildman–Crippen MR) is 43.2 cm³/mol. The summed E-state index contributed by atoms with van der Waals surface area (Å²) in [6.45, 7) is 3.05. The van der Waals surface area contributed by atoms with E-state index in [0.717, 1.165) is 6.26 Å². The molecule has 0 unspecified atom stereocenters. The molecule has 0 amide bonds. The van der Waals surface area contributed by atoms with Gasteiger partial charge in [0.15, 0.2) is 0 Å². The number of hydrogen-bond donors (Lipinski definition) is 2. The average molecular weight is 202 g/mol. The van der Waals surface area contributed by atoms with Crippen LogP contribution in [0.5, 0.6) is 0 Å². The van der Waals surface area contributed by atoms with Crippen LogP contribution >= 0.6 is 0 Å². The quantitative estimate of drug-likeness (QED) is 0.279. The molecule has 0 aromatic heterocycles. The Morgan fingerprint density at radius 3 is 2.45 bits per heavy atom. The Labute approximate surface area is 65.8 Å². The molecule has 0 spiro atoms. The fourth-order valence-electron chi connectivity index (χ4n) is 0.255. The lowest BCUT2D eigenvalue weighted by Crippen LogP contribution is -2.24. The summed E-state index contributed by atoms with van der Waals surface area (Å²) in [6, 6.07) is 0. The molecule has 11 heavy (non-hydrogen) atoms. The zero-order valence-electron chi connectivity index (χ0n) is 5.93. The third-order valence-corrected chi connectivity index (χ3v) is 5.13. The van der Waals surface area contributed by atoms with E-state index < -0.39 is 18.4 Å². The first-order valence-electron chi connectivity index (χ1n) is 2.62. The van der Waals surface area contributed by atoms with Crippen LogP contribution in [0.15, 0.2) is 12.7 Å². The van der Waals surface area contributed by atoms with Crippen LogP contribution < -0.4 is 0 Å². The summed E-state index contributed by atoms with van der Waals surface area (Å²) in [4.78, 5) is 0. The van der Waals surface area contributed by atoms with E-state index in [2.05, 4.69) is 10.8 Å². The van der Waals surface area contributed by atoms with E-state index in [1.807, 2.05) is 0 Å². The smallest absolute Gasteiger partial charge is 0.272 e. The summed E-state index contributed by atoms with van der Waals surface area (Å²) in [5.41, 5.74) is 0. The molecule has 1 N–H and O–H groups in total. The van der Waals surface area contributed by atoms with Gasteiger partial charge in [0.1, 0.15) is 0 Å². The van der Waals surface area contributed by atoms with Crippen molar-refractivity contribution < 1.29 is 21.4 Å². The fourth-order valence-corrected chi connectivity index (χ4v) is 1.35. The van der Waals surface area contributed by atoms with Crippen LogP contribution in [-0.2, 0) is 22.6 Å². The Morgan fingerprint density at radius 1 is 1.73 bits per heavy atom. The zero-order valence-corrected chi connectivity index (χ0v) is 7.64. The van der Waals surface area contributed by atoms with E-state index in [4.69, 9.17) is 4.55 Å². The van der Waals surface area contributed by atoms with Crippen molar-refractivity contribution in [2.24, 2.45) is 0 Å². The maximum absolute atomic E-state index is 10.9. The molecule has 0 aliphatic heterocycles. The number of thiol groups is 1. The molecule has 0 heterocycles. The second-order valence-electron chi connectivity index (χ2n) is 1.80. The molecule has 0 saturated heterocycles. The molecule has 0 radical (unpaired) electrons. The minimum Gasteiger partial charge on any atom is -0.272 e. The SMILES string of the molecule is C=CCO[SH](C)(=O)S(=O)(=O)O. The van der Waals surface area contributed by atoms with Crippen LogP contribution in [0.1, 0.15) is 0 Å². The van der Waals surface area contributed by atoms with E-state index in [1.165, 1.54) is 6.08 Å². The molecule has 0 bridgehead atoms. The van der Waals surface area contributed by atoms with Gasteiger partial charge in [0.05, 0.1) is 6.61 Å². The average Bonchev–Trinajstić information content (AvgIpc) is 1.81. The van der Waals surface area contributed by atoms with Gasteiger partial charge in [-0.25, -0.2) is 0 Å². The molecule has 0 fully saturated rings. The molecule has 0 rings (SSSR count). The van der Waals surface area contributed by atoms with Crippen LogP contribution in [-0.4, -0.2) is 30.0 Å². The fraction of sp³-hybridized carbons (Fsp3) is 0.500. The summed E-state index contributed by atoms with van der Waals surface area (Å²) >= 11 is 0. The van der Waals surface area contributed by atoms with Crippen molar-refractivity contribution in [3.8, 4) is 0 Å². The first kappa shape index (κ1) is 10.8. The van der Waals surface area contributed by atoms with Gasteiger partial charge in [0.2, 0.25) is 0 Å². The van der Waals surface area contributed by atoms with E-state index in [0.29, 0.717) is 0 Å². The molecule has 0 aromatic carbocycles. The summed E-state index contributed by atoms with van der Waals surface area (Å²) in [7, 11) is -8.53. The van der Waals surface area contributed by atoms with Gasteiger partial charge in [-0.1, -0.05) is 15.3 Å². The van der Waals surface area contributed by atoms with Gasteiger partial charge in [-0.2, -0.15) is 12.6 Å². The lowest BCUT2D eigenvalue weighted by Gasteiger charge is -2.19. The Kier molecular flexibility index (Phi) is 3.36. The van der Waals surface area contributed by atoms with Crippen molar-refractivity contribution in [3.63, 3.8) is 0 Å². The zero-order chi connectivity index (χ0) is 9.12. The van der Waals surface area contributed by atoms with Gasteiger partial charge in [0, 0.05) is 6.26 Å². The Morgan fingerprint density at radius 2 is 2.18 bits per heavy atom. The minimum absolute atomic E-state index is 0.173. The molecule has 0 saturated carbocycles. The van der Waals surface area contributed by atoms with Crippen molar-refractivity contribution in [2.75, 3.05) is 12.9 Å². The molecule has 5 nitrogen and oxygen atoms in total. The van der Waals surface area contributed by atoms with Crippen LogP contribution in [0, 0.1) is 0 Å². The maximum Gasteiger partial charge on any atom is 0.364 e. The molecule has 0 aliphatic carbocycles. The molecule has 0 aromatic rings. The normalized spacial score (nSPS) is 14.4. The molecule has 68 valence electrons. The standard InChI is InChI=1S/C4H10O5S2/c1-3-4-9-10(2,5)11(6,7)8/h3,10H,1,4H2,2H3,(H,6,7,8). The lowest BCUT2D eigenvalue weighted by atomic mass is 10.7. The van der Waals surface area contributed by atoms with Crippen molar-refractivity contribution in [3.05, 3.63) is 12.7 Å². The molecular formula is C4H10O5S2. The third-order valence-electron chi connectivity index (χ3n) is 0.846. The van der Waals surface area contributed by atoms with Gasteiger partial charge in [-0.3, -0.25) is 8.74 Å². The number of hydrogen-bond acceptors (Lipinski definition) is 4. The molecule has 0 aliphatic rings. The van der Waals surface area contributed by atoms with Crippen molar-refractivity contribution in [1.29, 1.82) is 0 Å². The molecule has 0 atom stereocenters. The highest BCUT2D eigenvalue weighted by atomic mass is 33.2. The highest BCUT2D eigenvalue weighted by Gasteiger charge is 2.18. The third kappa shape index (κ3) is 3.10. The minimum atomic E-state index is -4.59. The highest BCUT2D eigenvalue weighted by molar-refractivity contribution is 8.68. The Hall–Kier alpha value is -0.240. The van der Waals surface area contributed by atoms with E-state index in [1.54, 1.807) is 0 Å². The van der Waals surface area contributed by atoms with Crippen LogP contribution in [0.25, 0.3) is 0 Å². The Bertz CT molecular complexity index is 277. The van der Waals surface area contributed by atoms with E-state index in [-0.39, 0.29) is 6.61 Å². The second kappa shape index (κ2) is 3.44. The summed E-state index contributed by atoms with van der Waals surface area (Å²) in [5, 5.41) is 0. The van der Waals surface area contributed by atoms with Crippen LogP contribution in [0.4, 0.5) is 0 Å². The predicted octanol–water partition coefficient (Wildman–Crippen LogP) is -0.447. The second-order valence-corrected chi connectivity index (χ2v) is 7.87. The maximum atomic E-state index is 10.9. The first-order chi connectivity index (χ1) is 4.81. The first-order valence-corrected chi connectivity index (χ1v) is 6.73. The Balaban J connectivity index is 4.50. The van der Waals surface area contributed by atoms with Crippen LogP contribution in [0.2, 0.25) is 0 Å². The monoisotopic (exact) mass is 202 g/mol. The number of rotatable bonds is 4. The van der Waals surface area contributed by atoms with Crippen molar-refractivity contribution in [1.82, 2.24) is 0 Å². The van der Waals surface area contributed by atoms with Gasteiger partial charge >= 0.3 is 9.15 Å².